The predicted molar refractivity (Wildman–Crippen MR) is 204 cm³/mol. The molecule has 264 valence electrons. The molecule has 2 N–H and O–H groups in total. The van der Waals surface area contributed by atoms with Crippen LogP contribution in [-0.4, -0.2) is 58.5 Å². The average molecular weight is 701 g/mol. The Morgan fingerprint density at radius 3 is 2.19 bits per heavy atom. The van der Waals surface area contributed by atoms with E-state index in [1.807, 2.05) is 140 Å². The van der Waals surface area contributed by atoms with E-state index in [2.05, 4.69) is 10.3 Å². The van der Waals surface area contributed by atoms with E-state index in [-0.39, 0.29) is 18.4 Å². The second-order valence-corrected chi connectivity index (χ2v) is 13.6. The van der Waals surface area contributed by atoms with Crippen LogP contribution in [0.4, 0.5) is 0 Å². The zero-order valence-corrected chi connectivity index (χ0v) is 29.4. The molecule has 2 aromatic heterocycles. The first-order chi connectivity index (χ1) is 26.0. The maximum Gasteiger partial charge on any atom is 0.234 e. The fourth-order valence-electron chi connectivity index (χ4n) is 8.42. The number of carbonyl (C=O) groups is 2. The fraction of sp³-hybridized carbons (Fsp3) is 0.200. The Balaban J connectivity index is 1.16. The number of allylic oxidation sites excluding steroid dienone is 2. The molecule has 3 heterocycles. The van der Waals surface area contributed by atoms with Gasteiger partial charge in [-0.15, -0.1) is 0 Å². The van der Waals surface area contributed by atoms with Gasteiger partial charge in [-0.1, -0.05) is 103 Å². The molecule has 2 fully saturated rings. The highest BCUT2D eigenvalue weighted by Gasteiger charge is 2.66. The Bertz CT molecular complexity index is 2100. The maximum atomic E-state index is 14.6. The third kappa shape index (κ3) is 6.09. The van der Waals surface area contributed by atoms with Crippen LogP contribution >= 0.6 is 0 Å². The topological polar surface area (TPSA) is 105 Å². The maximum absolute atomic E-state index is 14.6. The van der Waals surface area contributed by atoms with Crippen LogP contribution in [0.3, 0.4) is 0 Å². The van der Waals surface area contributed by atoms with Gasteiger partial charge in [-0.05, 0) is 64.2 Å². The minimum absolute atomic E-state index is 0.176. The molecule has 3 aliphatic rings. The second-order valence-electron chi connectivity index (χ2n) is 13.6. The lowest BCUT2D eigenvalue weighted by molar-refractivity contribution is -0.140. The van der Waals surface area contributed by atoms with E-state index >= 15 is 0 Å². The monoisotopic (exact) mass is 700 g/mol. The molecule has 53 heavy (non-hydrogen) atoms. The minimum Gasteiger partial charge on any atom is -0.497 e. The molecule has 1 saturated carbocycles. The molecule has 5 atom stereocenters. The molecule has 8 heteroatoms. The number of hydrogen-bond acceptors (Lipinski definition) is 7. The van der Waals surface area contributed by atoms with Gasteiger partial charge in [0.25, 0.3) is 0 Å². The van der Waals surface area contributed by atoms with E-state index in [0.29, 0.717) is 29.9 Å². The lowest BCUT2D eigenvalue weighted by Gasteiger charge is -2.36. The standard InChI is InChI=1S/C45H40N4O4/c1-53-33-22-20-30(21-23-33)13-12-24-46-27-28-49-43(50)40-34-29-35(45(52,32-16-6-3-7-17-32)37-19-9-11-26-48-37)41(42(40)44(49)51)39(34)38(31-14-4-2-5-15-31)36-18-8-10-25-47-36/h2-23,25-26,29,34,40-42,46,52H,24,27-28H2,1H3. The number of ether oxygens (including phenoxy) is 1. The third-order valence-corrected chi connectivity index (χ3v) is 10.7. The molecule has 0 radical (unpaired) electrons. The minimum atomic E-state index is -1.65. The van der Waals surface area contributed by atoms with Crippen LogP contribution < -0.4 is 10.1 Å². The van der Waals surface area contributed by atoms with E-state index < -0.39 is 29.3 Å². The number of benzene rings is 3. The SMILES string of the molecule is COc1ccc(C=CCNCCN2C(=O)C3C4C=C(C(O)(c5ccccc5)c5ccccn5)C(C4=C(c4ccccc4)c4ccccn4)C3C2=O)cc1. The van der Waals surface area contributed by atoms with Gasteiger partial charge in [0.15, 0.2) is 5.60 Å². The van der Waals surface area contributed by atoms with Gasteiger partial charge in [0, 0.05) is 49.4 Å². The number of carbonyl (C=O) groups excluding carboxylic acids is 2. The van der Waals surface area contributed by atoms with E-state index in [0.717, 1.165) is 33.7 Å². The van der Waals surface area contributed by atoms with Crippen LogP contribution in [0.5, 0.6) is 5.75 Å². The number of hydrogen-bond donors (Lipinski definition) is 2. The highest BCUT2D eigenvalue weighted by molar-refractivity contribution is 6.08. The third-order valence-electron chi connectivity index (χ3n) is 10.7. The van der Waals surface area contributed by atoms with Gasteiger partial charge < -0.3 is 15.2 Å². The largest absolute Gasteiger partial charge is 0.497 e. The number of methoxy groups -OCH3 is 1. The summed E-state index contributed by atoms with van der Waals surface area (Å²) < 4.78 is 5.24. The van der Waals surface area contributed by atoms with Crippen molar-refractivity contribution in [1.29, 1.82) is 0 Å². The van der Waals surface area contributed by atoms with Crippen LogP contribution in [-0.2, 0) is 15.2 Å². The van der Waals surface area contributed by atoms with Crippen LogP contribution in [0.2, 0.25) is 0 Å². The molecule has 2 amide bonds. The summed E-state index contributed by atoms with van der Waals surface area (Å²) in [5.41, 5.74) is 4.68. The molecule has 8 nitrogen and oxygen atoms in total. The van der Waals surface area contributed by atoms with E-state index in [1.54, 1.807) is 19.5 Å². The number of aromatic nitrogens is 2. The fourth-order valence-corrected chi connectivity index (χ4v) is 8.42. The first-order valence-corrected chi connectivity index (χ1v) is 18.0. The number of likely N-dealkylation sites (tertiary alicyclic amines) is 1. The number of nitrogens with one attached hydrogen (secondary N) is 1. The van der Waals surface area contributed by atoms with Gasteiger partial charge >= 0.3 is 0 Å². The van der Waals surface area contributed by atoms with Crippen molar-refractivity contribution in [2.45, 2.75) is 5.60 Å². The highest BCUT2D eigenvalue weighted by Crippen LogP contribution is 2.64. The number of imide groups is 1. The van der Waals surface area contributed by atoms with Crippen molar-refractivity contribution >= 4 is 23.5 Å². The van der Waals surface area contributed by atoms with Gasteiger partial charge in [0.1, 0.15) is 5.75 Å². The van der Waals surface area contributed by atoms with E-state index in [1.165, 1.54) is 4.90 Å². The molecule has 2 aliphatic carbocycles. The Morgan fingerprint density at radius 1 is 0.830 bits per heavy atom. The summed E-state index contributed by atoms with van der Waals surface area (Å²) in [6.45, 7) is 1.29. The van der Waals surface area contributed by atoms with E-state index in [9.17, 15) is 14.7 Å². The van der Waals surface area contributed by atoms with Gasteiger partial charge in [0.2, 0.25) is 11.8 Å². The van der Waals surface area contributed by atoms with Gasteiger partial charge in [0.05, 0.1) is 30.3 Å². The number of rotatable bonds is 12. The summed E-state index contributed by atoms with van der Waals surface area (Å²) >= 11 is 0. The van der Waals surface area contributed by atoms with Crippen molar-refractivity contribution in [3.63, 3.8) is 0 Å². The average Bonchev–Trinajstić information content (AvgIpc) is 3.83. The molecular weight excluding hydrogens is 661 g/mol. The lowest BCUT2D eigenvalue weighted by atomic mass is 9.71. The summed E-state index contributed by atoms with van der Waals surface area (Å²) in [4.78, 5) is 39.9. The van der Waals surface area contributed by atoms with Crippen LogP contribution in [0, 0.1) is 23.7 Å². The van der Waals surface area contributed by atoms with Crippen molar-refractivity contribution in [2.24, 2.45) is 23.7 Å². The van der Waals surface area contributed by atoms with Crippen molar-refractivity contribution in [3.8, 4) is 5.75 Å². The summed E-state index contributed by atoms with van der Waals surface area (Å²) in [5, 5.41) is 16.4. The Labute approximate surface area is 309 Å². The normalized spacial score (nSPS) is 22.5. The summed E-state index contributed by atoms with van der Waals surface area (Å²) in [5.74, 6) is -1.86. The van der Waals surface area contributed by atoms with Crippen LogP contribution in [0.25, 0.3) is 11.6 Å². The van der Waals surface area contributed by atoms with Gasteiger partial charge in [-0.2, -0.15) is 0 Å². The van der Waals surface area contributed by atoms with E-state index in [4.69, 9.17) is 9.72 Å². The highest BCUT2D eigenvalue weighted by atomic mass is 16.5. The number of amides is 2. The second kappa shape index (κ2) is 14.6. The van der Waals surface area contributed by atoms with Crippen molar-refractivity contribution < 1.29 is 19.4 Å². The molecule has 1 aliphatic heterocycles. The van der Waals surface area contributed by atoms with Crippen LogP contribution in [0.1, 0.15) is 28.1 Å². The Hall–Kier alpha value is -5.96. The molecular formula is C45H40N4O4. The molecule has 2 bridgehead atoms. The zero-order chi connectivity index (χ0) is 36.4. The number of fused-ring (bicyclic) bond motifs is 5. The lowest BCUT2D eigenvalue weighted by Crippen LogP contribution is -2.40. The summed E-state index contributed by atoms with van der Waals surface area (Å²) in [6.07, 6.45) is 9.51. The van der Waals surface area contributed by atoms with Gasteiger partial charge in [-0.25, -0.2) is 0 Å². The molecule has 3 aromatic carbocycles. The number of aliphatic hydroxyl groups is 1. The summed E-state index contributed by atoms with van der Waals surface area (Å²) in [7, 11) is 1.64. The molecule has 0 spiro atoms. The smallest absolute Gasteiger partial charge is 0.234 e. The molecule has 5 unspecified atom stereocenters. The quantitative estimate of drug-likeness (QED) is 0.0893. The Morgan fingerprint density at radius 2 is 1.51 bits per heavy atom. The predicted octanol–water partition coefficient (Wildman–Crippen LogP) is 6.31. The first kappa shape index (κ1) is 34.1. The molecule has 1 saturated heterocycles. The molecule has 5 aromatic rings. The first-order valence-electron chi connectivity index (χ1n) is 18.0. The Kier molecular flexibility index (Phi) is 9.39. The number of nitrogens with zero attached hydrogens (tertiary/aromatic N) is 3. The van der Waals surface area contributed by atoms with Crippen molar-refractivity contribution in [3.05, 3.63) is 185 Å². The zero-order valence-electron chi connectivity index (χ0n) is 29.4. The van der Waals surface area contributed by atoms with Gasteiger partial charge in [-0.3, -0.25) is 24.5 Å². The van der Waals surface area contributed by atoms with Crippen LogP contribution in [0.15, 0.2) is 157 Å². The number of pyridine rings is 2. The molecule has 8 rings (SSSR count). The summed E-state index contributed by atoms with van der Waals surface area (Å²) in [6, 6.07) is 38.6. The van der Waals surface area contributed by atoms with Crippen molar-refractivity contribution in [2.75, 3.05) is 26.7 Å². The van der Waals surface area contributed by atoms with Crippen molar-refractivity contribution in [1.82, 2.24) is 20.2 Å².